The molecule has 0 fully saturated rings. The molecule has 0 aromatic heterocycles. The van der Waals surface area contributed by atoms with Crippen molar-refractivity contribution in [3.05, 3.63) is 127 Å². The molecule has 0 aliphatic carbocycles. The van der Waals surface area contributed by atoms with Crippen molar-refractivity contribution in [3.8, 4) is 0 Å². The summed E-state index contributed by atoms with van der Waals surface area (Å²) in [5, 5.41) is 5.78. The molecule has 0 saturated heterocycles. The van der Waals surface area contributed by atoms with Gasteiger partial charge in [-0.1, -0.05) is 138 Å². The standard InChI is InChI=1S/C27H25P2.Pd/c1-5-14-24(15-6-1)28(25-16-7-2-8-17-25)22-13-23-29(26-18-9-3-10-19-26)27-20-11-4-12-21-27;/h1-12,14-22H,13,23H2;/q-1;. The van der Waals surface area contributed by atoms with E-state index in [-0.39, 0.29) is 28.3 Å². The van der Waals surface area contributed by atoms with Crippen LogP contribution < -0.4 is 21.2 Å². The van der Waals surface area contributed by atoms with Crippen molar-refractivity contribution in [3.63, 3.8) is 0 Å². The molecular weight excluding hydrogens is 493 g/mol. The maximum atomic E-state index is 2.57. The largest absolute Gasteiger partial charge is 0.293 e. The van der Waals surface area contributed by atoms with Crippen LogP contribution in [0.25, 0.3) is 0 Å². The maximum Gasteiger partial charge on any atom is 0 e. The van der Waals surface area contributed by atoms with Crippen LogP contribution >= 0.6 is 15.8 Å². The Balaban J connectivity index is 0.00000256. The van der Waals surface area contributed by atoms with E-state index in [1.54, 1.807) is 0 Å². The molecule has 0 N–H and O–H groups in total. The fraction of sp³-hybridized carbons (Fsp3) is 0.0741. The molecule has 0 nitrogen and oxygen atoms in total. The minimum absolute atomic E-state index is 0. The summed E-state index contributed by atoms with van der Waals surface area (Å²) in [6.45, 7) is 0. The Labute approximate surface area is 196 Å². The van der Waals surface area contributed by atoms with Gasteiger partial charge in [-0.3, -0.25) is 6.16 Å². The molecule has 3 heteroatoms. The predicted molar refractivity (Wildman–Crippen MR) is 132 cm³/mol. The monoisotopic (exact) mass is 517 g/mol. The van der Waals surface area contributed by atoms with Crippen LogP contribution in [0.5, 0.6) is 0 Å². The molecule has 0 bridgehead atoms. The topological polar surface area (TPSA) is 0 Å². The third-order valence-electron chi connectivity index (χ3n) is 4.87. The molecule has 0 heterocycles. The van der Waals surface area contributed by atoms with E-state index in [1.165, 1.54) is 27.4 Å². The number of rotatable bonds is 8. The van der Waals surface area contributed by atoms with Crippen LogP contribution in [0.3, 0.4) is 0 Å². The smallest absolute Gasteiger partial charge is 0 e. The number of hydrogen-bond acceptors (Lipinski definition) is 0. The van der Waals surface area contributed by atoms with Crippen LogP contribution in [0.1, 0.15) is 6.42 Å². The van der Waals surface area contributed by atoms with Crippen molar-refractivity contribution in [2.45, 2.75) is 6.42 Å². The van der Waals surface area contributed by atoms with E-state index < -0.39 is 7.92 Å². The molecule has 0 radical (unpaired) electrons. The van der Waals surface area contributed by atoms with E-state index >= 15 is 0 Å². The van der Waals surface area contributed by atoms with E-state index in [9.17, 15) is 0 Å². The first-order valence-corrected chi connectivity index (χ1v) is 13.0. The predicted octanol–water partition coefficient (Wildman–Crippen LogP) is 5.80. The van der Waals surface area contributed by atoms with E-state index in [0.717, 1.165) is 6.42 Å². The molecule has 4 aromatic carbocycles. The molecule has 154 valence electrons. The maximum absolute atomic E-state index is 2.57. The Morgan fingerprint density at radius 3 is 1.17 bits per heavy atom. The normalized spacial score (nSPS) is 10.7. The Kier molecular flexibility index (Phi) is 9.46. The fourth-order valence-corrected chi connectivity index (χ4v) is 8.04. The molecule has 0 aliphatic heterocycles. The van der Waals surface area contributed by atoms with Crippen LogP contribution in [0.15, 0.2) is 121 Å². The van der Waals surface area contributed by atoms with Crippen molar-refractivity contribution in [1.29, 1.82) is 0 Å². The summed E-state index contributed by atoms with van der Waals surface area (Å²) in [5.41, 5.74) is 0. The second kappa shape index (κ2) is 12.3. The van der Waals surface area contributed by atoms with E-state index in [0.29, 0.717) is 0 Å². The van der Waals surface area contributed by atoms with Gasteiger partial charge in [0.15, 0.2) is 0 Å². The van der Waals surface area contributed by atoms with E-state index in [1.807, 2.05) is 0 Å². The Hall–Kier alpha value is -1.60. The first-order chi connectivity index (χ1) is 14.4. The van der Waals surface area contributed by atoms with Gasteiger partial charge in [-0.05, 0) is 18.5 Å². The van der Waals surface area contributed by atoms with Gasteiger partial charge in [0.2, 0.25) is 0 Å². The molecule has 0 saturated carbocycles. The Morgan fingerprint density at radius 1 is 0.467 bits per heavy atom. The van der Waals surface area contributed by atoms with Gasteiger partial charge in [-0.2, -0.15) is 6.42 Å². The molecule has 0 unspecified atom stereocenters. The number of hydrogen-bond donors (Lipinski definition) is 0. The summed E-state index contributed by atoms with van der Waals surface area (Å²) >= 11 is 0. The summed E-state index contributed by atoms with van der Waals surface area (Å²) in [7, 11) is -0.774. The second-order valence-corrected chi connectivity index (χ2v) is 11.3. The van der Waals surface area contributed by atoms with Gasteiger partial charge < -0.3 is 0 Å². The van der Waals surface area contributed by atoms with Gasteiger partial charge in [0.1, 0.15) is 0 Å². The van der Waals surface area contributed by atoms with Crippen LogP contribution in [0.2, 0.25) is 0 Å². The van der Waals surface area contributed by atoms with Crippen molar-refractivity contribution >= 4 is 37.1 Å². The molecule has 30 heavy (non-hydrogen) atoms. The summed E-state index contributed by atoms with van der Waals surface area (Å²) in [6, 6.07) is 43.9. The van der Waals surface area contributed by atoms with Gasteiger partial charge in [0.25, 0.3) is 0 Å². The minimum Gasteiger partial charge on any atom is -0.293 e. The molecule has 4 rings (SSSR count). The van der Waals surface area contributed by atoms with E-state index in [4.69, 9.17) is 0 Å². The van der Waals surface area contributed by atoms with Crippen LogP contribution in [-0.4, -0.2) is 6.16 Å². The minimum atomic E-state index is -0.434. The average Bonchev–Trinajstić information content (AvgIpc) is 2.81. The summed E-state index contributed by atoms with van der Waals surface area (Å²) in [6.07, 6.45) is 4.87. The Bertz CT molecular complexity index is 814. The van der Waals surface area contributed by atoms with Crippen LogP contribution in [0, 0.1) is 6.16 Å². The second-order valence-electron chi connectivity index (χ2n) is 6.84. The van der Waals surface area contributed by atoms with Crippen LogP contribution in [-0.2, 0) is 20.4 Å². The summed E-state index contributed by atoms with van der Waals surface area (Å²) in [4.78, 5) is 0. The van der Waals surface area contributed by atoms with Crippen molar-refractivity contribution < 1.29 is 20.4 Å². The van der Waals surface area contributed by atoms with Gasteiger partial charge in [0, 0.05) is 20.4 Å². The van der Waals surface area contributed by atoms with Gasteiger partial charge in [0.05, 0.1) is 0 Å². The molecular formula is C27H25P2Pd-. The zero-order valence-electron chi connectivity index (χ0n) is 16.7. The zero-order valence-corrected chi connectivity index (χ0v) is 20.1. The summed E-state index contributed by atoms with van der Waals surface area (Å²) < 4.78 is 0. The van der Waals surface area contributed by atoms with Crippen LogP contribution in [0.4, 0.5) is 0 Å². The zero-order chi connectivity index (χ0) is 19.7. The third kappa shape index (κ3) is 6.20. The van der Waals surface area contributed by atoms with Gasteiger partial charge in [-0.15, -0.1) is 0 Å². The summed E-state index contributed by atoms with van der Waals surface area (Å²) in [5.74, 6) is 0. The fourth-order valence-electron chi connectivity index (χ4n) is 3.48. The molecule has 0 atom stereocenters. The third-order valence-corrected chi connectivity index (χ3v) is 9.75. The quantitative estimate of drug-likeness (QED) is 0.157. The molecule has 0 amide bonds. The molecule has 0 spiro atoms. The van der Waals surface area contributed by atoms with Crippen molar-refractivity contribution in [1.82, 2.24) is 0 Å². The van der Waals surface area contributed by atoms with Gasteiger partial charge >= 0.3 is 0 Å². The molecule has 4 aromatic rings. The van der Waals surface area contributed by atoms with Crippen molar-refractivity contribution in [2.75, 3.05) is 6.16 Å². The average molecular weight is 518 g/mol. The first kappa shape index (κ1) is 23.1. The van der Waals surface area contributed by atoms with Gasteiger partial charge in [-0.25, -0.2) is 7.92 Å². The molecule has 0 aliphatic rings. The first-order valence-electron chi connectivity index (χ1n) is 10.0. The SMILES string of the molecule is [Pd].c1ccc(P([CH-]CCP(c2ccccc2)c2ccccc2)c2ccccc2)cc1. The number of benzene rings is 4. The Morgan fingerprint density at radius 2 is 0.800 bits per heavy atom. The van der Waals surface area contributed by atoms with Crippen molar-refractivity contribution in [2.24, 2.45) is 0 Å². The van der Waals surface area contributed by atoms with E-state index in [2.05, 4.69) is 127 Å².